The molecule has 0 aliphatic rings. The van der Waals surface area contributed by atoms with E-state index in [1.54, 1.807) is 7.11 Å². The summed E-state index contributed by atoms with van der Waals surface area (Å²) >= 11 is 0. The normalized spacial score (nSPS) is 9.73. The van der Waals surface area contributed by atoms with Crippen LogP contribution in [0.3, 0.4) is 0 Å². The number of hydrogen-bond donors (Lipinski definition) is 1. The third-order valence-electron chi connectivity index (χ3n) is 1.99. The second-order valence-electron chi connectivity index (χ2n) is 3.08. The smallest absolute Gasteiger partial charge is 0.243 e. The van der Waals surface area contributed by atoms with Crippen molar-refractivity contribution in [1.29, 1.82) is 0 Å². The zero-order valence-corrected chi connectivity index (χ0v) is 8.95. The first-order chi connectivity index (χ1) is 7.26. The first-order valence-electron chi connectivity index (χ1n) is 4.71. The molecule has 0 saturated carbocycles. The first-order valence-corrected chi connectivity index (χ1v) is 4.71. The van der Waals surface area contributed by atoms with Crippen LogP contribution < -0.4 is 10.2 Å². The fraction of sp³-hybridized carbons (Fsp3) is 0.364. The summed E-state index contributed by atoms with van der Waals surface area (Å²) in [6.45, 7) is 0. The van der Waals surface area contributed by atoms with Crippen molar-refractivity contribution in [2.45, 2.75) is 12.8 Å². The molecule has 0 aliphatic carbocycles. The Bertz CT molecular complexity index is 325. The van der Waals surface area contributed by atoms with Gasteiger partial charge in [0.15, 0.2) is 0 Å². The number of carbonyl (C=O) groups excluding carboxylic acids is 1. The van der Waals surface area contributed by atoms with Crippen molar-refractivity contribution in [3.63, 3.8) is 0 Å². The Hall–Kier alpha value is -1.55. The molecule has 0 atom stereocenters. The Labute approximate surface area is 89.1 Å². The number of rotatable bonds is 5. The van der Waals surface area contributed by atoms with Gasteiger partial charge in [-0.3, -0.25) is 9.63 Å². The van der Waals surface area contributed by atoms with E-state index in [9.17, 15) is 4.79 Å². The fourth-order valence-electron chi connectivity index (χ4n) is 1.25. The Morgan fingerprint density at radius 3 is 2.87 bits per heavy atom. The van der Waals surface area contributed by atoms with Crippen LogP contribution in [0.5, 0.6) is 5.75 Å². The van der Waals surface area contributed by atoms with Gasteiger partial charge in [0, 0.05) is 6.42 Å². The van der Waals surface area contributed by atoms with Gasteiger partial charge in [0.1, 0.15) is 5.75 Å². The molecule has 0 spiro atoms. The third-order valence-corrected chi connectivity index (χ3v) is 1.99. The molecular formula is C11H15NO3. The van der Waals surface area contributed by atoms with E-state index in [4.69, 9.17) is 4.74 Å². The molecule has 1 N–H and O–H groups in total. The standard InChI is InChI=1S/C11H15NO3/c1-14-10-5-3-4-9(8-10)6-7-11(13)12-15-2/h3-5,8H,6-7H2,1-2H3,(H,12,13). The summed E-state index contributed by atoms with van der Waals surface area (Å²) in [4.78, 5) is 15.6. The van der Waals surface area contributed by atoms with Crippen molar-refractivity contribution < 1.29 is 14.4 Å². The molecule has 0 heterocycles. The number of nitrogens with one attached hydrogen (secondary N) is 1. The highest BCUT2D eigenvalue weighted by molar-refractivity contribution is 5.75. The van der Waals surface area contributed by atoms with Crippen LogP contribution in [0.15, 0.2) is 24.3 Å². The van der Waals surface area contributed by atoms with Gasteiger partial charge in [-0.15, -0.1) is 0 Å². The summed E-state index contributed by atoms with van der Waals surface area (Å²) in [6.07, 6.45) is 1.08. The lowest BCUT2D eigenvalue weighted by Crippen LogP contribution is -2.21. The van der Waals surface area contributed by atoms with Gasteiger partial charge < -0.3 is 4.74 Å². The van der Waals surface area contributed by atoms with Crippen molar-refractivity contribution >= 4 is 5.91 Å². The Balaban J connectivity index is 2.46. The topological polar surface area (TPSA) is 47.6 Å². The van der Waals surface area contributed by atoms with Crippen LogP contribution >= 0.6 is 0 Å². The van der Waals surface area contributed by atoms with E-state index in [0.29, 0.717) is 12.8 Å². The molecule has 0 aromatic heterocycles. The Kier molecular flexibility index (Phi) is 4.63. The minimum absolute atomic E-state index is 0.125. The molecule has 15 heavy (non-hydrogen) atoms. The van der Waals surface area contributed by atoms with E-state index >= 15 is 0 Å². The van der Waals surface area contributed by atoms with Crippen molar-refractivity contribution in [3.8, 4) is 5.75 Å². The van der Waals surface area contributed by atoms with Gasteiger partial charge in [-0.2, -0.15) is 0 Å². The van der Waals surface area contributed by atoms with Gasteiger partial charge >= 0.3 is 0 Å². The molecule has 1 amide bonds. The SMILES string of the molecule is CONC(=O)CCc1cccc(OC)c1. The van der Waals surface area contributed by atoms with Crippen LogP contribution in [-0.2, 0) is 16.1 Å². The van der Waals surface area contributed by atoms with Crippen LogP contribution in [-0.4, -0.2) is 20.1 Å². The van der Waals surface area contributed by atoms with Gasteiger partial charge in [0.2, 0.25) is 5.91 Å². The number of carbonyl (C=O) groups is 1. The highest BCUT2D eigenvalue weighted by Crippen LogP contribution is 2.13. The lowest BCUT2D eigenvalue weighted by molar-refractivity contribution is -0.131. The predicted octanol–water partition coefficient (Wildman–Crippen LogP) is 1.31. The summed E-state index contributed by atoms with van der Waals surface area (Å²) in [5.41, 5.74) is 3.34. The first kappa shape index (κ1) is 11.5. The van der Waals surface area contributed by atoms with Gasteiger partial charge in [-0.1, -0.05) is 12.1 Å². The summed E-state index contributed by atoms with van der Waals surface area (Å²) < 4.78 is 5.08. The van der Waals surface area contributed by atoms with Crippen LogP contribution in [0.4, 0.5) is 0 Å². The quantitative estimate of drug-likeness (QED) is 0.744. The van der Waals surface area contributed by atoms with E-state index < -0.39 is 0 Å². The van der Waals surface area contributed by atoms with Gasteiger partial charge in [0.05, 0.1) is 14.2 Å². The van der Waals surface area contributed by atoms with Crippen molar-refractivity contribution in [2.75, 3.05) is 14.2 Å². The average Bonchev–Trinajstić information content (AvgIpc) is 2.27. The summed E-state index contributed by atoms with van der Waals surface area (Å²) in [7, 11) is 3.04. The minimum Gasteiger partial charge on any atom is -0.497 e. The fourth-order valence-corrected chi connectivity index (χ4v) is 1.25. The number of aryl methyl sites for hydroxylation is 1. The van der Waals surface area contributed by atoms with Crippen molar-refractivity contribution in [2.24, 2.45) is 0 Å². The molecule has 4 nitrogen and oxygen atoms in total. The van der Waals surface area contributed by atoms with Crippen LogP contribution in [0.1, 0.15) is 12.0 Å². The second kappa shape index (κ2) is 6.03. The molecule has 0 saturated heterocycles. The minimum atomic E-state index is -0.125. The maximum Gasteiger partial charge on any atom is 0.243 e. The average molecular weight is 209 g/mol. The van der Waals surface area contributed by atoms with E-state index in [-0.39, 0.29) is 5.91 Å². The largest absolute Gasteiger partial charge is 0.497 e. The highest BCUT2D eigenvalue weighted by atomic mass is 16.6. The highest BCUT2D eigenvalue weighted by Gasteiger charge is 2.01. The molecular weight excluding hydrogens is 194 g/mol. The number of hydrogen-bond acceptors (Lipinski definition) is 3. The summed E-state index contributed by atoms with van der Waals surface area (Å²) in [5.74, 6) is 0.681. The van der Waals surface area contributed by atoms with E-state index in [1.807, 2.05) is 24.3 Å². The third kappa shape index (κ3) is 3.99. The Morgan fingerprint density at radius 2 is 2.20 bits per heavy atom. The lowest BCUT2D eigenvalue weighted by atomic mass is 10.1. The zero-order chi connectivity index (χ0) is 11.1. The maximum absolute atomic E-state index is 11.1. The zero-order valence-electron chi connectivity index (χ0n) is 8.95. The second-order valence-corrected chi connectivity index (χ2v) is 3.08. The van der Waals surface area contributed by atoms with Crippen molar-refractivity contribution in [3.05, 3.63) is 29.8 Å². The summed E-state index contributed by atoms with van der Waals surface area (Å²) in [6, 6.07) is 7.66. The van der Waals surface area contributed by atoms with E-state index in [2.05, 4.69) is 10.3 Å². The Morgan fingerprint density at radius 1 is 1.40 bits per heavy atom. The molecule has 4 heteroatoms. The maximum atomic E-state index is 11.1. The molecule has 0 unspecified atom stereocenters. The number of amides is 1. The molecule has 82 valence electrons. The van der Waals surface area contributed by atoms with E-state index in [1.165, 1.54) is 7.11 Å². The van der Waals surface area contributed by atoms with Gasteiger partial charge in [-0.05, 0) is 24.1 Å². The number of benzene rings is 1. The van der Waals surface area contributed by atoms with Crippen LogP contribution in [0.25, 0.3) is 0 Å². The van der Waals surface area contributed by atoms with Gasteiger partial charge in [-0.25, -0.2) is 5.48 Å². The van der Waals surface area contributed by atoms with Crippen molar-refractivity contribution in [1.82, 2.24) is 5.48 Å². The molecule has 0 fully saturated rings. The molecule has 1 rings (SSSR count). The van der Waals surface area contributed by atoms with Crippen LogP contribution in [0, 0.1) is 0 Å². The summed E-state index contributed by atoms with van der Waals surface area (Å²) in [5, 5.41) is 0. The van der Waals surface area contributed by atoms with Crippen LogP contribution in [0.2, 0.25) is 0 Å². The molecule has 1 aromatic rings. The lowest BCUT2D eigenvalue weighted by Gasteiger charge is -2.04. The molecule has 1 aromatic carbocycles. The van der Waals surface area contributed by atoms with E-state index in [0.717, 1.165) is 11.3 Å². The predicted molar refractivity (Wildman–Crippen MR) is 56.5 cm³/mol. The molecule has 0 radical (unpaired) electrons. The monoisotopic (exact) mass is 209 g/mol. The molecule has 0 bridgehead atoms. The van der Waals surface area contributed by atoms with Gasteiger partial charge in [0.25, 0.3) is 0 Å². The molecule has 0 aliphatic heterocycles. The number of hydroxylamine groups is 1. The number of ether oxygens (including phenoxy) is 1. The number of methoxy groups -OCH3 is 1.